The summed E-state index contributed by atoms with van der Waals surface area (Å²) in [6, 6.07) is 84.4. The number of hydrogen-bond acceptors (Lipinski definition) is 1. The molecular weight excluding hydrogens is 783 g/mol. The topological polar surface area (TPSA) is 3.24 Å². The van der Waals surface area contributed by atoms with Gasteiger partial charge in [0.05, 0.1) is 5.48 Å². The van der Waals surface area contributed by atoms with E-state index in [9.17, 15) is 5.48 Å². The van der Waals surface area contributed by atoms with Crippen molar-refractivity contribution >= 4 is 27.8 Å². The highest BCUT2D eigenvalue weighted by Gasteiger charge is 2.15. The molecule has 0 aliphatic carbocycles. The van der Waals surface area contributed by atoms with Crippen LogP contribution in [0.1, 0.15) is 5.48 Å². The molecule has 0 aliphatic heterocycles. The number of nitrogens with zero attached hydrogens (tertiary/aromatic N) is 1. The standard InChI is InChI=1S/C64H45N/c1-4-14-46(15-5-1)54-22-12-23-55(40-54)50-28-34-62(35-29-50)65(63-36-30-51(31-37-63)56-24-13-25-57(41-56)58-27-26-49-20-10-11-21-53(49)42-58)64-38-32-52(33-39-64)61-44-59(47-16-6-2-7-17-47)43-60(45-61)48-18-8-3-9-19-48/h1-45H/i30D,31D,36D,37D. The summed E-state index contributed by atoms with van der Waals surface area (Å²) < 4.78 is 38.5. The van der Waals surface area contributed by atoms with E-state index in [1.165, 1.54) is 0 Å². The van der Waals surface area contributed by atoms with Gasteiger partial charge in [0.1, 0.15) is 0 Å². The average molecular weight is 832 g/mol. The summed E-state index contributed by atoms with van der Waals surface area (Å²) in [5, 5.41) is 2.27. The molecule has 0 saturated heterocycles. The van der Waals surface area contributed by atoms with Gasteiger partial charge in [-0.05, 0) is 161 Å². The third kappa shape index (κ3) is 8.40. The predicted molar refractivity (Wildman–Crippen MR) is 277 cm³/mol. The first kappa shape index (κ1) is 35.0. The van der Waals surface area contributed by atoms with Crippen molar-refractivity contribution in [3.63, 3.8) is 0 Å². The molecule has 0 aliphatic rings. The first-order chi connectivity index (χ1) is 33.9. The van der Waals surface area contributed by atoms with Gasteiger partial charge in [0, 0.05) is 17.1 Å². The lowest BCUT2D eigenvalue weighted by molar-refractivity contribution is 1.28. The first-order valence-corrected chi connectivity index (χ1v) is 22.0. The zero-order valence-corrected chi connectivity index (χ0v) is 35.6. The zero-order chi connectivity index (χ0) is 46.8. The minimum absolute atomic E-state index is 0.108. The largest absolute Gasteiger partial charge is 0.311 e. The van der Waals surface area contributed by atoms with Crippen LogP contribution in [0.2, 0.25) is 0 Å². The Balaban J connectivity index is 1.02. The van der Waals surface area contributed by atoms with Gasteiger partial charge >= 0.3 is 0 Å². The zero-order valence-electron chi connectivity index (χ0n) is 39.6. The highest BCUT2D eigenvalue weighted by molar-refractivity contribution is 5.89. The van der Waals surface area contributed by atoms with Gasteiger partial charge in [0.15, 0.2) is 0 Å². The van der Waals surface area contributed by atoms with Crippen molar-refractivity contribution in [2.45, 2.75) is 0 Å². The summed E-state index contributed by atoms with van der Waals surface area (Å²) in [7, 11) is 0. The molecule has 306 valence electrons. The normalized spacial score (nSPS) is 11.9. The Kier molecular flexibility index (Phi) is 9.52. The van der Waals surface area contributed by atoms with Crippen molar-refractivity contribution in [2.24, 2.45) is 0 Å². The third-order valence-electron chi connectivity index (χ3n) is 12.1. The molecular formula is C64H45N. The maximum atomic E-state index is 9.70. The van der Waals surface area contributed by atoms with Crippen LogP contribution in [0.5, 0.6) is 0 Å². The number of rotatable bonds is 10. The second-order valence-corrected chi connectivity index (χ2v) is 16.3. The Labute approximate surface area is 387 Å². The molecule has 0 fully saturated rings. The molecule has 0 unspecified atom stereocenters. The Morgan fingerprint density at radius 2 is 0.523 bits per heavy atom. The van der Waals surface area contributed by atoms with Crippen LogP contribution < -0.4 is 4.90 Å². The second-order valence-electron chi connectivity index (χ2n) is 16.3. The van der Waals surface area contributed by atoms with Crippen molar-refractivity contribution in [1.29, 1.82) is 0 Å². The Bertz CT molecular complexity index is 3540. The highest BCUT2D eigenvalue weighted by Crippen LogP contribution is 2.40. The summed E-state index contributed by atoms with van der Waals surface area (Å²) in [6.07, 6.45) is 0. The van der Waals surface area contributed by atoms with Gasteiger partial charge in [-0.1, -0.05) is 200 Å². The minimum atomic E-state index is -0.131. The van der Waals surface area contributed by atoms with Crippen LogP contribution in [0.15, 0.2) is 273 Å². The van der Waals surface area contributed by atoms with E-state index in [-0.39, 0.29) is 35.4 Å². The quantitative estimate of drug-likeness (QED) is 0.133. The van der Waals surface area contributed by atoms with Gasteiger partial charge in [-0.25, -0.2) is 0 Å². The fourth-order valence-corrected chi connectivity index (χ4v) is 8.70. The van der Waals surface area contributed by atoms with E-state index in [0.29, 0.717) is 16.9 Å². The molecule has 0 amide bonds. The second kappa shape index (κ2) is 17.7. The van der Waals surface area contributed by atoms with Gasteiger partial charge in [-0.2, -0.15) is 0 Å². The van der Waals surface area contributed by atoms with E-state index < -0.39 is 0 Å². The monoisotopic (exact) mass is 831 g/mol. The van der Waals surface area contributed by atoms with E-state index >= 15 is 0 Å². The Morgan fingerprint density at radius 1 is 0.200 bits per heavy atom. The molecule has 0 saturated carbocycles. The molecule has 11 aromatic rings. The van der Waals surface area contributed by atoms with E-state index in [4.69, 9.17) is 0 Å². The molecule has 0 aromatic heterocycles. The van der Waals surface area contributed by atoms with E-state index in [0.717, 1.165) is 77.5 Å². The fourth-order valence-electron chi connectivity index (χ4n) is 8.70. The number of benzene rings is 11. The van der Waals surface area contributed by atoms with Crippen LogP contribution in [-0.4, -0.2) is 0 Å². The van der Waals surface area contributed by atoms with Crippen molar-refractivity contribution in [3.05, 3.63) is 273 Å². The van der Waals surface area contributed by atoms with E-state index in [1.807, 2.05) is 95.9 Å². The average Bonchev–Trinajstić information content (AvgIpc) is 3.42. The molecule has 0 radical (unpaired) electrons. The highest BCUT2D eigenvalue weighted by atomic mass is 15.1. The Morgan fingerprint density at radius 3 is 1.02 bits per heavy atom. The van der Waals surface area contributed by atoms with Crippen molar-refractivity contribution in [3.8, 4) is 77.9 Å². The number of hydrogen-bond donors (Lipinski definition) is 0. The Hall–Kier alpha value is -8.52. The molecule has 65 heavy (non-hydrogen) atoms. The van der Waals surface area contributed by atoms with Crippen LogP contribution in [0.4, 0.5) is 17.1 Å². The van der Waals surface area contributed by atoms with Crippen LogP contribution in [0.25, 0.3) is 88.7 Å². The van der Waals surface area contributed by atoms with E-state index in [2.05, 4.69) is 158 Å². The number of fused-ring (bicyclic) bond motifs is 1. The summed E-state index contributed by atoms with van der Waals surface area (Å²) in [5.41, 5.74) is 15.3. The molecule has 11 rings (SSSR count). The molecule has 0 bridgehead atoms. The van der Waals surface area contributed by atoms with Crippen LogP contribution >= 0.6 is 0 Å². The minimum Gasteiger partial charge on any atom is -0.311 e. The SMILES string of the molecule is [2H]c1c([2H])c(N(c2ccc(-c3cccc(-c4ccccc4)c3)cc2)c2ccc(-c3cc(-c4ccccc4)cc(-c4ccccc4)c3)cc2)c([2H])c([2H])c1-c1cccc(-c2ccc3ccccc3c2)c1. The first-order valence-electron chi connectivity index (χ1n) is 24.0. The maximum Gasteiger partial charge on any atom is 0.0645 e. The van der Waals surface area contributed by atoms with Crippen molar-refractivity contribution in [2.75, 3.05) is 4.90 Å². The summed E-state index contributed by atoms with van der Waals surface area (Å²) in [4.78, 5) is 1.86. The van der Waals surface area contributed by atoms with Crippen LogP contribution in [0.3, 0.4) is 0 Å². The third-order valence-corrected chi connectivity index (χ3v) is 12.1. The summed E-state index contributed by atoms with van der Waals surface area (Å²) >= 11 is 0. The van der Waals surface area contributed by atoms with Crippen LogP contribution in [0, 0.1) is 0 Å². The van der Waals surface area contributed by atoms with Crippen molar-refractivity contribution in [1.82, 2.24) is 0 Å². The van der Waals surface area contributed by atoms with Gasteiger partial charge < -0.3 is 4.90 Å². The van der Waals surface area contributed by atoms with Gasteiger partial charge in [0.2, 0.25) is 0 Å². The smallest absolute Gasteiger partial charge is 0.0645 e. The lowest BCUT2D eigenvalue weighted by Gasteiger charge is -2.26. The van der Waals surface area contributed by atoms with Gasteiger partial charge in [-0.15, -0.1) is 0 Å². The van der Waals surface area contributed by atoms with Crippen LogP contribution in [-0.2, 0) is 0 Å². The lowest BCUT2D eigenvalue weighted by atomic mass is 9.93. The maximum absolute atomic E-state index is 9.70. The van der Waals surface area contributed by atoms with Gasteiger partial charge in [-0.3, -0.25) is 0 Å². The molecule has 0 N–H and O–H groups in total. The molecule has 0 heterocycles. The van der Waals surface area contributed by atoms with Gasteiger partial charge in [0.25, 0.3) is 0 Å². The summed E-state index contributed by atoms with van der Waals surface area (Å²) in [5.74, 6) is 0. The molecule has 1 nitrogen and oxygen atoms in total. The fraction of sp³-hybridized carbons (Fsp3) is 0. The van der Waals surface area contributed by atoms with Crippen molar-refractivity contribution < 1.29 is 5.48 Å². The predicted octanol–water partition coefficient (Wildman–Crippen LogP) is 18.0. The molecule has 0 atom stereocenters. The molecule has 1 heteroatoms. The number of anilines is 3. The summed E-state index contributed by atoms with van der Waals surface area (Å²) in [6.45, 7) is 0. The molecule has 11 aromatic carbocycles. The molecule has 0 spiro atoms. The van der Waals surface area contributed by atoms with E-state index in [1.54, 1.807) is 0 Å². The lowest BCUT2D eigenvalue weighted by Crippen LogP contribution is -2.09.